The molecule has 1 N–H and O–H groups in total. The maximum Gasteiger partial charge on any atom is 0.220 e. The zero-order chi connectivity index (χ0) is 17.2. The molecule has 0 radical (unpaired) electrons. The summed E-state index contributed by atoms with van der Waals surface area (Å²) in [4.78, 5) is 15.9. The molecule has 1 aromatic carbocycles. The second-order valence-electron chi connectivity index (χ2n) is 5.77. The fraction of sp³-hybridized carbons (Fsp3) is 0.375. The van der Waals surface area contributed by atoms with Crippen LogP contribution in [0.4, 0.5) is 4.39 Å². The first-order valence-electron chi connectivity index (χ1n) is 7.62. The van der Waals surface area contributed by atoms with Gasteiger partial charge in [-0.1, -0.05) is 12.1 Å². The van der Waals surface area contributed by atoms with Crippen molar-refractivity contribution in [3.8, 4) is 11.3 Å². The molecule has 2 heterocycles. The number of rotatable bonds is 5. The number of hydrogen-bond donors (Lipinski definition) is 1. The summed E-state index contributed by atoms with van der Waals surface area (Å²) in [5, 5.41) is 2.70. The van der Waals surface area contributed by atoms with Crippen molar-refractivity contribution in [2.75, 3.05) is 11.5 Å². The van der Waals surface area contributed by atoms with E-state index in [2.05, 4.69) is 10.3 Å². The van der Waals surface area contributed by atoms with Crippen molar-refractivity contribution in [3.05, 3.63) is 42.2 Å². The third kappa shape index (κ3) is 4.00. The van der Waals surface area contributed by atoms with Crippen LogP contribution in [0.1, 0.15) is 18.7 Å². The molecule has 1 aliphatic heterocycles. The number of halogens is 1. The van der Waals surface area contributed by atoms with Crippen LogP contribution < -0.4 is 5.32 Å². The van der Waals surface area contributed by atoms with Gasteiger partial charge in [-0.15, -0.1) is 0 Å². The number of oxazole rings is 1. The normalized spacial score (nSPS) is 19.3. The average molecular weight is 352 g/mol. The van der Waals surface area contributed by atoms with E-state index in [1.54, 1.807) is 18.2 Å². The number of nitrogens with zero attached hydrogens (tertiary/aromatic N) is 1. The lowest BCUT2D eigenvalue weighted by molar-refractivity contribution is -0.121. The number of aromatic nitrogens is 1. The van der Waals surface area contributed by atoms with E-state index in [0.717, 1.165) is 0 Å². The van der Waals surface area contributed by atoms with Crippen LogP contribution in [0.25, 0.3) is 11.3 Å². The highest BCUT2D eigenvalue weighted by atomic mass is 32.2. The average Bonchev–Trinajstić information content (AvgIpc) is 3.12. The number of hydrogen-bond acceptors (Lipinski definition) is 5. The van der Waals surface area contributed by atoms with E-state index >= 15 is 0 Å². The van der Waals surface area contributed by atoms with E-state index in [-0.39, 0.29) is 36.3 Å². The van der Waals surface area contributed by atoms with E-state index in [1.165, 1.54) is 12.3 Å². The topological polar surface area (TPSA) is 89.3 Å². The standard InChI is InChI=1S/C16H17FN2O4S/c17-13-4-2-1-3-12(13)14-9-18-16(23-14)6-5-15(20)19-11-7-8-24(21,22)10-11/h1-4,9,11H,5-8,10H2,(H,19,20). The Morgan fingerprint density at radius 2 is 2.17 bits per heavy atom. The third-order valence-electron chi connectivity index (χ3n) is 3.86. The van der Waals surface area contributed by atoms with Crippen LogP contribution >= 0.6 is 0 Å². The van der Waals surface area contributed by atoms with E-state index < -0.39 is 15.7 Å². The lowest BCUT2D eigenvalue weighted by Crippen LogP contribution is -2.35. The molecular formula is C16H17FN2O4S. The predicted octanol–water partition coefficient (Wildman–Crippen LogP) is 1.72. The van der Waals surface area contributed by atoms with Crippen molar-refractivity contribution < 1.29 is 22.0 Å². The van der Waals surface area contributed by atoms with Gasteiger partial charge in [0, 0.05) is 18.9 Å². The minimum absolute atomic E-state index is 0.00479. The number of benzene rings is 1. The van der Waals surface area contributed by atoms with Crippen LogP contribution in [-0.2, 0) is 21.1 Å². The highest BCUT2D eigenvalue weighted by Crippen LogP contribution is 2.23. The Kier molecular flexibility index (Phi) is 4.66. The van der Waals surface area contributed by atoms with Gasteiger partial charge in [-0.3, -0.25) is 4.79 Å². The van der Waals surface area contributed by atoms with Gasteiger partial charge in [0.15, 0.2) is 21.5 Å². The van der Waals surface area contributed by atoms with Gasteiger partial charge in [0.05, 0.1) is 23.3 Å². The molecule has 3 rings (SSSR count). The number of nitrogens with one attached hydrogen (secondary N) is 1. The summed E-state index contributed by atoms with van der Waals surface area (Å²) in [6, 6.07) is 5.89. The minimum atomic E-state index is -3.02. The number of aryl methyl sites for hydroxylation is 1. The highest BCUT2D eigenvalue weighted by molar-refractivity contribution is 7.91. The second-order valence-corrected chi connectivity index (χ2v) is 7.99. The Bertz CT molecular complexity index is 847. The van der Waals surface area contributed by atoms with Crippen molar-refractivity contribution >= 4 is 15.7 Å². The van der Waals surface area contributed by atoms with Crippen molar-refractivity contribution in [1.29, 1.82) is 0 Å². The SMILES string of the molecule is O=C(CCc1ncc(-c2ccccc2F)o1)NC1CCS(=O)(=O)C1. The summed E-state index contributed by atoms with van der Waals surface area (Å²) in [5.41, 5.74) is 0.317. The molecule has 1 atom stereocenters. The predicted molar refractivity (Wildman–Crippen MR) is 85.4 cm³/mol. The Balaban J connectivity index is 1.54. The van der Waals surface area contributed by atoms with Gasteiger partial charge in [0.25, 0.3) is 0 Å². The number of amides is 1. The summed E-state index contributed by atoms with van der Waals surface area (Å²) < 4.78 is 41.9. The molecule has 0 spiro atoms. The first kappa shape index (κ1) is 16.6. The van der Waals surface area contributed by atoms with Crippen LogP contribution in [0.3, 0.4) is 0 Å². The fourth-order valence-electron chi connectivity index (χ4n) is 2.64. The molecule has 1 fully saturated rings. The Hall–Kier alpha value is -2.22. The molecule has 1 unspecified atom stereocenters. The first-order chi connectivity index (χ1) is 11.4. The van der Waals surface area contributed by atoms with Gasteiger partial charge in [0.2, 0.25) is 5.91 Å². The van der Waals surface area contributed by atoms with Crippen LogP contribution in [0.5, 0.6) is 0 Å². The minimum Gasteiger partial charge on any atom is -0.441 e. The maximum atomic E-state index is 13.7. The highest BCUT2D eigenvalue weighted by Gasteiger charge is 2.28. The summed E-state index contributed by atoms with van der Waals surface area (Å²) in [6.45, 7) is 0. The van der Waals surface area contributed by atoms with Crippen LogP contribution in [0.15, 0.2) is 34.9 Å². The van der Waals surface area contributed by atoms with Crippen LogP contribution in [0, 0.1) is 5.82 Å². The number of carbonyl (C=O) groups excluding carboxylic acids is 1. The molecule has 1 aromatic heterocycles. The Morgan fingerprint density at radius 3 is 2.88 bits per heavy atom. The second kappa shape index (κ2) is 6.72. The molecule has 0 saturated carbocycles. The summed E-state index contributed by atoms with van der Waals surface area (Å²) >= 11 is 0. The lowest BCUT2D eigenvalue weighted by atomic mass is 10.2. The largest absolute Gasteiger partial charge is 0.441 e. The Morgan fingerprint density at radius 1 is 1.38 bits per heavy atom. The van der Waals surface area contributed by atoms with Gasteiger partial charge < -0.3 is 9.73 Å². The lowest BCUT2D eigenvalue weighted by Gasteiger charge is -2.09. The molecule has 1 amide bonds. The monoisotopic (exact) mass is 352 g/mol. The van der Waals surface area contributed by atoms with Gasteiger partial charge in [-0.2, -0.15) is 0 Å². The summed E-state index contributed by atoms with van der Waals surface area (Å²) in [7, 11) is -3.02. The molecule has 1 aliphatic rings. The molecule has 6 nitrogen and oxygen atoms in total. The Labute approximate surface area is 139 Å². The number of sulfone groups is 1. The molecule has 1 saturated heterocycles. The van der Waals surface area contributed by atoms with E-state index in [1.807, 2.05) is 0 Å². The zero-order valence-corrected chi connectivity index (χ0v) is 13.7. The molecule has 0 aliphatic carbocycles. The summed E-state index contributed by atoms with van der Waals surface area (Å²) in [5.74, 6) is 0.106. The smallest absolute Gasteiger partial charge is 0.220 e. The number of carbonyl (C=O) groups is 1. The molecular weight excluding hydrogens is 335 g/mol. The molecule has 24 heavy (non-hydrogen) atoms. The fourth-order valence-corrected chi connectivity index (χ4v) is 4.31. The quantitative estimate of drug-likeness (QED) is 0.885. The van der Waals surface area contributed by atoms with E-state index in [9.17, 15) is 17.6 Å². The van der Waals surface area contributed by atoms with Gasteiger partial charge in [-0.05, 0) is 18.6 Å². The van der Waals surface area contributed by atoms with Crippen molar-refractivity contribution in [2.24, 2.45) is 0 Å². The first-order valence-corrected chi connectivity index (χ1v) is 9.44. The van der Waals surface area contributed by atoms with Crippen LogP contribution in [0.2, 0.25) is 0 Å². The molecule has 2 aromatic rings. The van der Waals surface area contributed by atoms with E-state index in [4.69, 9.17) is 4.42 Å². The third-order valence-corrected chi connectivity index (χ3v) is 5.62. The van der Waals surface area contributed by atoms with Gasteiger partial charge in [-0.25, -0.2) is 17.8 Å². The van der Waals surface area contributed by atoms with Gasteiger partial charge >= 0.3 is 0 Å². The van der Waals surface area contributed by atoms with Gasteiger partial charge in [0.1, 0.15) is 5.82 Å². The van der Waals surface area contributed by atoms with Crippen molar-refractivity contribution in [2.45, 2.75) is 25.3 Å². The van der Waals surface area contributed by atoms with E-state index in [0.29, 0.717) is 23.6 Å². The van der Waals surface area contributed by atoms with Crippen molar-refractivity contribution in [1.82, 2.24) is 10.3 Å². The molecule has 0 bridgehead atoms. The molecule has 8 heteroatoms. The zero-order valence-electron chi connectivity index (χ0n) is 12.9. The summed E-state index contributed by atoms with van der Waals surface area (Å²) in [6.07, 6.45) is 2.27. The van der Waals surface area contributed by atoms with Crippen molar-refractivity contribution in [3.63, 3.8) is 0 Å². The maximum absolute atomic E-state index is 13.7. The molecule has 128 valence electrons. The van der Waals surface area contributed by atoms with Crippen LogP contribution in [-0.4, -0.2) is 36.9 Å².